The maximum atomic E-state index is 10.2. The summed E-state index contributed by atoms with van der Waals surface area (Å²) in [5, 5.41) is 19.8. The second kappa shape index (κ2) is 5.19. The number of aryl methyl sites for hydroxylation is 1. The van der Waals surface area contributed by atoms with Crippen LogP contribution in [0.2, 0.25) is 0 Å². The van der Waals surface area contributed by atoms with Crippen molar-refractivity contribution < 1.29 is 10.2 Å². The van der Waals surface area contributed by atoms with Gasteiger partial charge in [0.25, 0.3) is 0 Å². The van der Waals surface area contributed by atoms with E-state index in [1.807, 2.05) is 17.0 Å². The van der Waals surface area contributed by atoms with Gasteiger partial charge in [0.15, 0.2) is 5.76 Å². The molecule has 4 heteroatoms. The summed E-state index contributed by atoms with van der Waals surface area (Å²) in [5.41, 5.74) is 2.46. The molecule has 106 valence electrons. The maximum Gasteiger partial charge on any atom is 0.234 e. The minimum absolute atomic E-state index is 0.0247. The van der Waals surface area contributed by atoms with Gasteiger partial charge < -0.3 is 15.1 Å². The molecule has 0 bridgehead atoms. The molecule has 1 heterocycles. The summed E-state index contributed by atoms with van der Waals surface area (Å²) < 4.78 is 0. The van der Waals surface area contributed by atoms with Crippen LogP contribution in [-0.4, -0.2) is 33.5 Å². The first-order valence-corrected chi connectivity index (χ1v) is 7.15. The van der Waals surface area contributed by atoms with Crippen molar-refractivity contribution in [3.05, 3.63) is 47.0 Å². The summed E-state index contributed by atoms with van der Waals surface area (Å²) in [6.07, 6.45) is 5.27. The lowest BCUT2D eigenvalue weighted by Gasteiger charge is -2.43. The van der Waals surface area contributed by atoms with Gasteiger partial charge in [-0.3, -0.25) is 4.99 Å². The molecule has 20 heavy (non-hydrogen) atoms. The predicted molar refractivity (Wildman–Crippen MR) is 78.9 cm³/mol. The first kappa shape index (κ1) is 13.0. The zero-order valence-electron chi connectivity index (χ0n) is 11.7. The lowest BCUT2D eigenvalue weighted by Crippen LogP contribution is -2.48. The standard InChI is InChI=1S/C16H20N2O2/c1-11-5-2-3-6-12(11)9-15-17-10-14(19)16(20)18(15)13-7-4-8-13/h2-3,5-6,10,13,15,19-20H,4,7-9H2,1H3. The van der Waals surface area contributed by atoms with Gasteiger partial charge in [0, 0.05) is 12.5 Å². The molecule has 1 fully saturated rings. The van der Waals surface area contributed by atoms with Crippen LogP contribution in [0.3, 0.4) is 0 Å². The molecule has 0 amide bonds. The highest BCUT2D eigenvalue weighted by Crippen LogP contribution is 2.32. The van der Waals surface area contributed by atoms with Gasteiger partial charge in [0.05, 0.1) is 6.21 Å². The maximum absolute atomic E-state index is 10.2. The summed E-state index contributed by atoms with van der Waals surface area (Å²) in [5.74, 6) is -0.152. The molecule has 0 spiro atoms. The van der Waals surface area contributed by atoms with Crippen LogP contribution < -0.4 is 0 Å². The van der Waals surface area contributed by atoms with E-state index in [0.29, 0.717) is 6.04 Å². The van der Waals surface area contributed by atoms with Crippen molar-refractivity contribution in [1.29, 1.82) is 0 Å². The summed E-state index contributed by atoms with van der Waals surface area (Å²) in [4.78, 5) is 6.29. The van der Waals surface area contributed by atoms with Crippen LogP contribution in [0.25, 0.3) is 0 Å². The largest absolute Gasteiger partial charge is 0.502 e. The fraction of sp³-hybridized carbons (Fsp3) is 0.438. The van der Waals surface area contributed by atoms with E-state index in [2.05, 4.69) is 24.0 Å². The molecule has 3 rings (SSSR count). The summed E-state index contributed by atoms with van der Waals surface area (Å²) in [6, 6.07) is 8.52. The second-order valence-electron chi connectivity index (χ2n) is 5.59. The minimum atomic E-state index is -0.128. The number of rotatable bonds is 3. The number of hydrogen-bond donors (Lipinski definition) is 2. The van der Waals surface area contributed by atoms with E-state index >= 15 is 0 Å². The Morgan fingerprint density at radius 1 is 1.25 bits per heavy atom. The third kappa shape index (κ3) is 2.26. The Morgan fingerprint density at radius 2 is 2.00 bits per heavy atom. The van der Waals surface area contributed by atoms with Crippen molar-refractivity contribution in [3.63, 3.8) is 0 Å². The van der Waals surface area contributed by atoms with E-state index < -0.39 is 0 Å². The highest BCUT2D eigenvalue weighted by Gasteiger charge is 2.35. The molecule has 1 saturated carbocycles. The molecule has 2 aliphatic rings. The minimum Gasteiger partial charge on any atom is -0.502 e. The first-order valence-electron chi connectivity index (χ1n) is 7.15. The number of hydrogen-bond acceptors (Lipinski definition) is 4. The predicted octanol–water partition coefficient (Wildman–Crippen LogP) is 3.09. The van der Waals surface area contributed by atoms with Crippen LogP contribution in [-0.2, 0) is 6.42 Å². The molecule has 0 radical (unpaired) electrons. The van der Waals surface area contributed by atoms with Gasteiger partial charge in [0.1, 0.15) is 6.17 Å². The van der Waals surface area contributed by atoms with E-state index in [4.69, 9.17) is 0 Å². The highest BCUT2D eigenvalue weighted by molar-refractivity contribution is 5.77. The number of benzene rings is 1. The van der Waals surface area contributed by atoms with Gasteiger partial charge in [-0.05, 0) is 37.3 Å². The Bertz CT molecular complexity index is 561. The molecule has 0 aromatic heterocycles. The Morgan fingerprint density at radius 3 is 2.65 bits per heavy atom. The van der Waals surface area contributed by atoms with Crippen molar-refractivity contribution in [1.82, 2.24) is 4.90 Å². The van der Waals surface area contributed by atoms with E-state index in [1.165, 1.54) is 23.8 Å². The van der Waals surface area contributed by atoms with E-state index in [1.54, 1.807) is 0 Å². The number of allylic oxidation sites excluding steroid dienone is 1. The monoisotopic (exact) mass is 272 g/mol. The van der Waals surface area contributed by atoms with Gasteiger partial charge >= 0.3 is 0 Å². The zero-order valence-corrected chi connectivity index (χ0v) is 11.7. The zero-order chi connectivity index (χ0) is 14.1. The summed E-state index contributed by atoms with van der Waals surface area (Å²) >= 11 is 0. The lowest BCUT2D eigenvalue weighted by atomic mass is 9.90. The Balaban J connectivity index is 1.84. The van der Waals surface area contributed by atoms with Crippen molar-refractivity contribution in [3.8, 4) is 0 Å². The fourth-order valence-electron chi connectivity index (χ4n) is 2.83. The van der Waals surface area contributed by atoms with Crippen LogP contribution in [0.1, 0.15) is 30.4 Å². The Labute approximate surface area is 119 Å². The molecule has 1 unspecified atom stereocenters. The highest BCUT2D eigenvalue weighted by atomic mass is 16.3. The van der Waals surface area contributed by atoms with Crippen molar-refractivity contribution in [2.75, 3.05) is 0 Å². The SMILES string of the molecule is Cc1ccccc1CC1N=CC(O)=C(O)N1C1CCC1. The molecule has 0 saturated heterocycles. The van der Waals surface area contributed by atoms with Crippen molar-refractivity contribution >= 4 is 6.21 Å². The molecule has 1 aromatic rings. The first-order chi connectivity index (χ1) is 9.66. The van der Waals surface area contributed by atoms with Crippen molar-refractivity contribution in [2.24, 2.45) is 4.99 Å². The van der Waals surface area contributed by atoms with Gasteiger partial charge in [-0.2, -0.15) is 0 Å². The Kier molecular flexibility index (Phi) is 3.38. The number of aliphatic imine (C=N–C) groups is 1. The number of nitrogens with zero attached hydrogens (tertiary/aromatic N) is 2. The normalized spacial score (nSPS) is 23.1. The third-order valence-corrected chi connectivity index (χ3v) is 4.30. The third-order valence-electron chi connectivity index (χ3n) is 4.30. The van der Waals surface area contributed by atoms with Gasteiger partial charge in [-0.1, -0.05) is 24.3 Å². The summed E-state index contributed by atoms with van der Waals surface area (Å²) in [6.45, 7) is 2.09. The second-order valence-corrected chi connectivity index (χ2v) is 5.59. The summed E-state index contributed by atoms with van der Waals surface area (Å²) in [7, 11) is 0. The van der Waals surface area contributed by atoms with Crippen LogP contribution in [0.5, 0.6) is 0 Å². The van der Waals surface area contributed by atoms with E-state index in [-0.39, 0.29) is 17.8 Å². The van der Waals surface area contributed by atoms with Crippen molar-refractivity contribution in [2.45, 2.75) is 44.8 Å². The molecule has 1 atom stereocenters. The molecule has 4 nitrogen and oxygen atoms in total. The van der Waals surface area contributed by atoms with Crippen LogP contribution in [0.15, 0.2) is 40.9 Å². The molecule has 1 aromatic carbocycles. The molecular weight excluding hydrogens is 252 g/mol. The van der Waals surface area contributed by atoms with Gasteiger partial charge in [-0.15, -0.1) is 0 Å². The average molecular weight is 272 g/mol. The number of aliphatic hydroxyl groups excluding tert-OH is 2. The molecule has 1 aliphatic heterocycles. The molecular formula is C16H20N2O2. The van der Waals surface area contributed by atoms with Gasteiger partial charge in [0.2, 0.25) is 5.88 Å². The van der Waals surface area contributed by atoms with E-state index in [0.717, 1.165) is 19.3 Å². The average Bonchev–Trinajstić information content (AvgIpc) is 2.38. The lowest BCUT2D eigenvalue weighted by molar-refractivity contribution is 0.0519. The molecule has 1 aliphatic carbocycles. The fourth-order valence-corrected chi connectivity index (χ4v) is 2.83. The van der Waals surface area contributed by atoms with Crippen LogP contribution in [0, 0.1) is 6.92 Å². The smallest absolute Gasteiger partial charge is 0.234 e. The Hall–Kier alpha value is -1.97. The molecule has 2 N–H and O–H groups in total. The van der Waals surface area contributed by atoms with Gasteiger partial charge in [-0.25, -0.2) is 0 Å². The number of aliphatic hydroxyl groups is 2. The van der Waals surface area contributed by atoms with Crippen LogP contribution in [0.4, 0.5) is 0 Å². The topological polar surface area (TPSA) is 56.1 Å². The van der Waals surface area contributed by atoms with Crippen LogP contribution >= 0.6 is 0 Å². The van der Waals surface area contributed by atoms with E-state index in [9.17, 15) is 10.2 Å². The quantitative estimate of drug-likeness (QED) is 0.889.